The van der Waals surface area contributed by atoms with Crippen molar-refractivity contribution in [1.29, 1.82) is 0 Å². The van der Waals surface area contributed by atoms with Gasteiger partial charge in [-0.15, -0.1) is 0 Å². The lowest BCUT2D eigenvalue weighted by Gasteiger charge is -2.19. The van der Waals surface area contributed by atoms with Gasteiger partial charge < -0.3 is 5.32 Å². The molecule has 4 aromatic rings. The van der Waals surface area contributed by atoms with Gasteiger partial charge in [0.2, 0.25) is 0 Å². The number of hydrogen-bond acceptors (Lipinski definition) is 3. The van der Waals surface area contributed by atoms with Gasteiger partial charge >= 0.3 is 0 Å². The van der Waals surface area contributed by atoms with E-state index in [9.17, 15) is 4.39 Å². The Kier molecular flexibility index (Phi) is 4.34. The maximum atomic E-state index is 13.7. The Morgan fingerprint density at radius 3 is 2.75 bits per heavy atom. The molecule has 2 heterocycles. The molecule has 1 N–H and O–H groups in total. The van der Waals surface area contributed by atoms with E-state index in [2.05, 4.69) is 51.9 Å². The number of hydrogen-bond donors (Lipinski definition) is 1. The fourth-order valence-corrected chi connectivity index (χ4v) is 4.14. The fourth-order valence-electron chi connectivity index (χ4n) is 4.14. The first kappa shape index (κ1) is 17.0. The SMILES string of the molecule is Fc1ccc2ccc(C3CCNCc4cc(-c5cccnn5)ccc43)cc2c1. The lowest BCUT2D eigenvalue weighted by molar-refractivity contribution is 0.629. The molecular weight excluding hydrogens is 349 g/mol. The third kappa shape index (κ3) is 3.16. The van der Waals surface area contributed by atoms with Gasteiger partial charge in [-0.3, -0.25) is 0 Å². The minimum absolute atomic E-state index is 0.193. The predicted octanol–water partition coefficient (Wildman–Crippen LogP) is 5.06. The van der Waals surface area contributed by atoms with Crippen LogP contribution in [0.2, 0.25) is 0 Å². The standard InChI is InChI=1S/C24H20FN3/c25-21-7-5-16-3-4-17(12-19(16)14-21)23-9-11-26-15-20-13-18(6-8-22(20)23)24-2-1-10-27-28-24/h1-8,10,12-14,23,26H,9,11,15H2. The summed E-state index contributed by atoms with van der Waals surface area (Å²) in [6.07, 6.45) is 2.70. The molecule has 0 spiro atoms. The van der Waals surface area contributed by atoms with E-state index >= 15 is 0 Å². The third-order valence-electron chi connectivity index (χ3n) is 5.54. The Morgan fingerprint density at radius 2 is 1.86 bits per heavy atom. The van der Waals surface area contributed by atoms with E-state index in [1.807, 2.05) is 18.2 Å². The van der Waals surface area contributed by atoms with Crippen LogP contribution in [0.5, 0.6) is 0 Å². The summed E-state index contributed by atoms with van der Waals surface area (Å²) in [6.45, 7) is 1.78. The van der Waals surface area contributed by atoms with Crippen molar-refractivity contribution in [3.05, 3.63) is 95.4 Å². The molecule has 1 atom stereocenters. The zero-order valence-electron chi connectivity index (χ0n) is 15.4. The minimum Gasteiger partial charge on any atom is -0.313 e. The molecule has 3 nitrogen and oxygen atoms in total. The van der Waals surface area contributed by atoms with Crippen LogP contribution >= 0.6 is 0 Å². The molecule has 5 rings (SSSR count). The third-order valence-corrected chi connectivity index (χ3v) is 5.54. The van der Waals surface area contributed by atoms with Gasteiger partial charge in [-0.1, -0.05) is 36.4 Å². The van der Waals surface area contributed by atoms with Crippen molar-refractivity contribution in [1.82, 2.24) is 15.5 Å². The van der Waals surface area contributed by atoms with Gasteiger partial charge in [0.25, 0.3) is 0 Å². The summed E-state index contributed by atoms with van der Waals surface area (Å²) in [4.78, 5) is 0. The van der Waals surface area contributed by atoms with Crippen LogP contribution < -0.4 is 5.32 Å². The Bertz CT molecular complexity index is 1140. The molecule has 0 saturated heterocycles. The van der Waals surface area contributed by atoms with Gasteiger partial charge in [0.1, 0.15) is 5.82 Å². The van der Waals surface area contributed by atoms with E-state index in [0.29, 0.717) is 0 Å². The molecule has 1 aliphatic heterocycles. The molecule has 1 aromatic heterocycles. The molecule has 28 heavy (non-hydrogen) atoms. The van der Waals surface area contributed by atoms with E-state index in [-0.39, 0.29) is 11.7 Å². The van der Waals surface area contributed by atoms with Crippen molar-refractivity contribution in [2.75, 3.05) is 6.54 Å². The second-order valence-corrected chi connectivity index (χ2v) is 7.29. The van der Waals surface area contributed by atoms with Gasteiger partial charge in [-0.2, -0.15) is 10.2 Å². The van der Waals surface area contributed by atoms with Crippen LogP contribution in [0, 0.1) is 5.82 Å². The number of rotatable bonds is 2. The van der Waals surface area contributed by atoms with E-state index in [4.69, 9.17) is 0 Å². The van der Waals surface area contributed by atoms with Crippen molar-refractivity contribution >= 4 is 10.8 Å². The van der Waals surface area contributed by atoms with Crippen LogP contribution in [0.1, 0.15) is 29.0 Å². The van der Waals surface area contributed by atoms with Crippen LogP contribution in [-0.4, -0.2) is 16.7 Å². The lowest BCUT2D eigenvalue weighted by atomic mass is 9.85. The monoisotopic (exact) mass is 369 g/mol. The predicted molar refractivity (Wildman–Crippen MR) is 110 cm³/mol. The number of fused-ring (bicyclic) bond motifs is 2. The van der Waals surface area contributed by atoms with Crippen molar-refractivity contribution < 1.29 is 4.39 Å². The maximum Gasteiger partial charge on any atom is 0.123 e. The summed E-state index contributed by atoms with van der Waals surface area (Å²) in [6, 6.07) is 21.8. The highest BCUT2D eigenvalue weighted by Gasteiger charge is 2.21. The largest absolute Gasteiger partial charge is 0.313 e. The molecule has 4 heteroatoms. The molecule has 3 aromatic carbocycles. The van der Waals surface area contributed by atoms with E-state index < -0.39 is 0 Å². The number of halogens is 1. The molecule has 0 fully saturated rings. The highest BCUT2D eigenvalue weighted by Crippen LogP contribution is 2.35. The number of benzene rings is 3. The lowest BCUT2D eigenvalue weighted by Crippen LogP contribution is -2.12. The van der Waals surface area contributed by atoms with E-state index in [1.54, 1.807) is 12.3 Å². The average Bonchev–Trinajstić information content (AvgIpc) is 2.96. The van der Waals surface area contributed by atoms with Crippen molar-refractivity contribution in [3.8, 4) is 11.3 Å². The number of nitrogens with one attached hydrogen (secondary N) is 1. The Morgan fingerprint density at radius 1 is 0.929 bits per heavy atom. The molecule has 0 saturated carbocycles. The second kappa shape index (κ2) is 7.13. The van der Waals surface area contributed by atoms with Gasteiger partial charge in [0, 0.05) is 24.2 Å². The first-order valence-corrected chi connectivity index (χ1v) is 9.59. The molecule has 0 aliphatic carbocycles. The van der Waals surface area contributed by atoms with Gasteiger partial charge in [-0.05, 0) is 70.8 Å². The first-order chi connectivity index (χ1) is 13.8. The normalized spacial score (nSPS) is 16.5. The molecule has 0 amide bonds. The summed E-state index contributed by atoms with van der Waals surface area (Å²) >= 11 is 0. The molecule has 0 radical (unpaired) electrons. The summed E-state index contributed by atoms with van der Waals surface area (Å²) in [7, 11) is 0. The van der Waals surface area contributed by atoms with Crippen LogP contribution in [0.4, 0.5) is 4.39 Å². The number of aromatic nitrogens is 2. The van der Waals surface area contributed by atoms with Crippen LogP contribution in [0.15, 0.2) is 72.9 Å². The Balaban J connectivity index is 1.58. The summed E-state index contributed by atoms with van der Waals surface area (Å²) in [5, 5.41) is 13.8. The highest BCUT2D eigenvalue weighted by molar-refractivity contribution is 5.83. The number of nitrogens with zero attached hydrogens (tertiary/aromatic N) is 2. The topological polar surface area (TPSA) is 37.8 Å². The molecule has 1 unspecified atom stereocenters. The van der Waals surface area contributed by atoms with Gasteiger partial charge in [0.05, 0.1) is 5.69 Å². The van der Waals surface area contributed by atoms with Crippen molar-refractivity contribution in [2.24, 2.45) is 0 Å². The second-order valence-electron chi connectivity index (χ2n) is 7.29. The Hall–Kier alpha value is -3.11. The van der Waals surface area contributed by atoms with E-state index in [1.165, 1.54) is 22.8 Å². The maximum absolute atomic E-state index is 13.7. The minimum atomic E-state index is -0.193. The fraction of sp³-hybridized carbons (Fsp3) is 0.167. The molecule has 1 aliphatic rings. The zero-order chi connectivity index (χ0) is 18.9. The summed E-state index contributed by atoms with van der Waals surface area (Å²) in [5.41, 5.74) is 5.80. The van der Waals surface area contributed by atoms with Gasteiger partial charge in [-0.25, -0.2) is 4.39 Å². The van der Waals surface area contributed by atoms with Crippen LogP contribution in [0.3, 0.4) is 0 Å². The highest BCUT2D eigenvalue weighted by atomic mass is 19.1. The van der Waals surface area contributed by atoms with Gasteiger partial charge in [0.15, 0.2) is 0 Å². The Labute approximate surface area is 163 Å². The first-order valence-electron chi connectivity index (χ1n) is 9.59. The quantitative estimate of drug-likeness (QED) is 0.537. The summed E-state index contributed by atoms with van der Waals surface area (Å²) in [5.74, 6) is 0.0924. The smallest absolute Gasteiger partial charge is 0.123 e. The molecule has 138 valence electrons. The summed E-state index contributed by atoms with van der Waals surface area (Å²) < 4.78 is 13.7. The molecule has 0 bridgehead atoms. The van der Waals surface area contributed by atoms with E-state index in [0.717, 1.165) is 41.5 Å². The average molecular weight is 369 g/mol. The zero-order valence-corrected chi connectivity index (χ0v) is 15.4. The van der Waals surface area contributed by atoms with Crippen LogP contribution in [0.25, 0.3) is 22.0 Å². The molecular formula is C24H20FN3. The van der Waals surface area contributed by atoms with Crippen molar-refractivity contribution in [2.45, 2.75) is 18.9 Å². The van der Waals surface area contributed by atoms with Crippen LogP contribution in [-0.2, 0) is 6.54 Å². The van der Waals surface area contributed by atoms with Crippen molar-refractivity contribution in [3.63, 3.8) is 0 Å².